The monoisotopic (exact) mass is 674 g/mol. The van der Waals surface area contributed by atoms with Gasteiger partial charge in [0.25, 0.3) is 7.67 Å². The Morgan fingerprint density at radius 2 is 0.729 bits per heavy atom. The van der Waals surface area contributed by atoms with Crippen molar-refractivity contribution in [3.63, 3.8) is 0 Å². The molecule has 0 aliphatic heterocycles. The molecule has 0 aromatic heterocycles. The lowest BCUT2D eigenvalue weighted by molar-refractivity contribution is 0.117. The van der Waals surface area contributed by atoms with E-state index in [-0.39, 0.29) is 6.85 Å². The van der Waals surface area contributed by atoms with Crippen LogP contribution in [0.1, 0.15) is 162 Å². The summed E-state index contributed by atoms with van der Waals surface area (Å²) >= 11 is 0. The first-order chi connectivity index (χ1) is 23.2. The number of hydrogen-bond donors (Lipinski definition) is 0. The lowest BCUT2D eigenvalue weighted by atomic mass is 9.48. The van der Waals surface area contributed by atoms with Crippen LogP contribution in [0.5, 0.6) is 0 Å². The Labute approximate surface area is 294 Å². The summed E-state index contributed by atoms with van der Waals surface area (Å²) in [6, 6.07) is 10.5. The van der Waals surface area contributed by atoms with Gasteiger partial charge in [0.1, 0.15) is 0 Å². The minimum atomic E-state index is -3.66. The van der Waals surface area contributed by atoms with Crippen LogP contribution in [-0.4, -0.2) is 40.4 Å². The molecule has 4 aliphatic carbocycles. The maximum absolute atomic E-state index is 20.4. The lowest BCUT2D eigenvalue weighted by Gasteiger charge is -2.53. The maximum atomic E-state index is 20.4. The third kappa shape index (κ3) is 7.89. The van der Waals surface area contributed by atoms with Gasteiger partial charge >= 0.3 is 6.85 Å². The number of halogens is 1. The molecule has 0 radical (unpaired) electrons. The number of benzene rings is 2. The van der Waals surface area contributed by atoms with Crippen molar-refractivity contribution in [2.24, 2.45) is 4.66 Å². The standard InChI is InChI=1S/C42H66BFN3P/c1-31-27-33(3)41(34(4)28-31)43(42-35(5)29-32(2)30-36(42)6)45-48(44,46(37-19-11-7-12-20-37)38-21-13-8-14-22-38)47(39-23-15-9-16-24-39)40-25-17-10-18-26-40/h27-30,37-40H,7-26H2,1-6H3. The predicted octanol–water partition coefficient (Wildman–Crippen LogP) is 11.5. The molecule has 6 heteroatoms. The first-order valence-electron chi connectivity index (χ1n) is 20.2. The zero-order valence-electron chi connectivity index (χ0n) is 31.5. The van der Waals surface area contributed by atoms with Gasteiger partial charge in [-0.1, -0.05) is 135 Å². The van der Waals surface area contributed by atoms with E-state index in [4.69, 9.17) is 4.66 Å². The molecule has 48 heavy (non-hydrogen) atoms. The predicted molar refractivity (Wildman–Crippen MR) is 208 cm³/mol. The molecule has 0 heterocycles. The Bertz CT molecular complexity index is 1250. The third-order valence-corrected chi connectivity index (χ3v) is 15.7. The van der Waals surface area contributed by atoms with Crippen molar-refractivity contribution in [3.8, 4) is 0 Å². The van der Waals surface area contributed by atoms with Gasteiger partial charge in [-0.3, -0.25) is 4.66 Å². The molecule has 0 atom stereocenters. The number of nitrogens with zero attached hydrogens (tertiary/aromatic N) is 3. The molecular weight excluding hydrogens is 607 g/mol. The van der Waals surface area contributed by atoms with Crippen LogP contribution >= 0.6 is 7.67 Å². The second-order valence-electron chi connectivity index (χ2n) is 16.6. The fraction of sp³-hybridized carbons (Fsp3) is 0.714. The van der Waals surface area contributed by atoms with Crippen LogP contribution in [-0.2, 0) is 0 Å². The van der Waals surface area contributed by atoms with Crippen molar-refractivity contribution < 1.29 is 4.20 Å². The minimum absolute atomic E-state index is 0.305. The fourth-order valence-electron chi connectivity index (χ4n) is 10.7. The van der Waals surface area contributed by atoms with E-state index in [1.807, 2.05) is 0 Å². The second-order valence-corrected chi connectivity index (χ2v) is 18.7. The molecule has 4 aliphatic rings. The molecule has 3 nitrogen and oxygen atoms in total. The van der Waals surface area contributed by atoms with Crippen LogP contribution in [0.25, 0.3) is 0 Å². The van der Waals surface area contributed by atoms with Gasteiger partial charge in [-0.25, -0.2) is 9.34 Å². The third-order valence-electron chi connectivity index (χ3n) is 12.7. The van der Waals surface area contributed by atoms with Crippen LogP contribution in [0.3, 0.4) is 0 Å². The van der Waals surface area contributed by atoms with E-state index in [1.54, 1.807) is 0 Å². The van der Waals surface area contributed by atoms with Crippen LogP contribution in [0, 0.1) is 41.5 Å². The van der Waals surface area contributed by atoms with Crippen LogP contribution in [0.4, 0.5) is 4.20 Å². The molecule has 0 N–H and O–H groups in total. The summed E-state index contributed by atoms with van der Waals surface area (Å²) in [6.45, 7) is 13.1. The van der Waals surface area contributed by atoms with Crippen LogP contribution in [0.2, 0.25) is 0 Å². The summed E-state index contributed by atoms with van der Waals surface area (Å²) in [5, 5.41) is 0. The van der Waals surface area contributed by atoms with E-state index in [0.717, 1.165) is 51.4 Å². The Kier molecular flexibility index (Phi) is 12.3. The number of aryl methyl sites for hydroxylation is 6. The zero-order valence-corrected chi connectivity index (χ0v) is 32.4. The van der Waals surface area contributed by atoms with Crippen molar-refractivity contribution in [2.75, 3.05) is 0 Å². The Hall–Kier alpha value is -1.42. The molecule has 2 aromatic carbocycles. The van der Waals surface area contributed by atoms with Gasteiger partial charge < -0.3 is 0 Å². The Morgan fingerprint density at radius 3 is 0.979 bits per heavy atom. The van der Waals surface area contributed by atoms with E-state index in [0.29, 0.717) is 24.2 Å². The summed E-state index contributed by atoms with van der Waals surface area (Å²) in [5.74, 6) is 0. The number of hydrogen-bond acceptors (Lipinski definition) is 1. The second kappa shape index (κ2) is 16.3. The molecule has 0 amide bonds. The zero-order chi connectivity index (χ0) is 33.8. The fourth-order valence-corrected chi connectivity index (χ4v) is 14.3. The van der Waals surface area contributed by atoms with Gasteiger partial charge in [-0.05, 0) is 104 Å². The largest absolute Gasteiger partial charge is 0.349 e. The highest BCUT2D eigenvalue weighted by Gasteiger charge is 2.50. The lowest BCUT2D eigenvalue weighted by Crippen LogP contribution is -2.53. The van der Waals surface area contributed by atoms with Crippen LogP contribution in [0.15, 0.2) is 28.9 Å². The normalized spacial score (nSPS) is 21.3. The first kappa shape index (κ1) is 36.4. The molecule has 6 rings (SSSR count). The molecule has 0 spiro atoms. The van der Waals surface area contributed by atoms with E-state index >= 15 is 4.20 Å². The van der Waals surface area contributed by atoms with Gasteiger partial charge in [-0.2, -0.15) is 4.20 Å². The topological polar surface area (TPSA) is 18.8 Å². The van der Waals surface area contributed by atoms with Crippen molar-refractivity contribution in [1.29, 1.82) is 0 Å². The van der Waals surface area contributed by atoms with E-state index < -0.39 is 7.67 Å². The highest BCUT2D eigenvalue weighted by Crippen LogP contribution is 2.66. The van der Waals surface area contributed by atoms with E-state index in [1.165, 1.54) is 121 Å². The molecule has 0 bridgehead atoms. The van der Waals surface area contributed by atoms with Gasteiger partial charge in [0.2, 0.25) is 0 Å². The van der Waals surface area contributed by atoms with Crippen molar-refractivity contribution in [2.45, 2.75) is 194 Å². The smallest absolute Gasteiger partial charge is 0.293 e. The van der Waals surface area contributed by atoms with Gasteiger partial charge in [0.05, 0.1) is 0 Å². The summed E-state index contributed by atoms with van der Waals surface area (Å²) in [5.41, 5.74) is 10.1. The average molecular weight is 674 g/mol. The van der Waals surface area contributed by atoms with Crippen molar-refractivity contribution in [1.82, 2.24) is 9.34 Å². The summed E-state index contributed by atoms with van der Waals surface area (Å²) in [4.78, 5) is 0. The molecule has 0 unspecified atom stereocenters. The highest BCUT2D eigenvalue weighted by molar-refractivity contribution is 7.57. The van der Waals surface area contributed by atoms with Crippen LogP contribution < -0.4 is 10.9 Å². The average Bonchev–Trinajstić information content (AvgIpc) is 3.06. The molecular formula is C42H66BFN3P. The van der Waals surface area contributed by atoms with Gasteiger partial charge in [0.15, 0.2) is 0 Å². The first-order valence-corrected chi connectivity index (χ1v) is 21.8. The highest BCUT2D eigenvalue weighted by atomic mass is 31.2. The van der Waals surface area contributed by atoms with Crippen molar-refractivity contribution >= 4 is 25.4 Å². The molecule has 4 fully saturated rings. The van der Waals surface area contributed by atoms with Gasteiger partial charge in [0, 0.05) is 24.2 Å². The summed E-state index contributed by atoms with van der Waals surface area (Å²) < 4.78 is 31.6. The SMILES string of the molecule is Cc1cc(C)c(B(N=P(F)(N(C2CCCCC2)C2CCCCC2)N(C2CCCCC2)C2CCCCC2)c2c(C)cc(C)cc2C)c(C)c1. The molecule has 264 valence electrons. The molecule has 4 saturated carbocycles. The van der Waals surface area contributed by atoms with Gasteiger partial charge in [-0.15, -0.1) is 0 Å². The molecule has 2 aromatic rings. The summed E-state index contributed by atoms with van der Waals surface area (Å²) in [6.07, 6.45) is 24.1. The number of rotatable bonds is 9. The quantitative estimate of drug-likeness (QED) is 0.195. The summed E-state index contributed by atoms with van der Waals surface area (Å²) in [7, 11) is -3.66. The Balaban J connectivity index is 1.67. The van der Waals surface area contributed by atoms with Crippen molar-refractivity contribution in [3.05, 3.63) is 57.6 Å². The minimum Gasteiger partial charge on any atom is -0.293 e. The van der Waals surface area contributed by atoms with E-state index in [9.17, 15) is 0 Å². The maximum Gasteiger partial charge on any atom is 0.349 e. The Morgan fingerprint density at radius 1 is 0.479 bits per heavy atom. The molecule has 0 saturated heterocycles. The van der Waals surface area contributed by atoms with E-state index in [2.05, 4.69) is 75.1 Å².